The van der Waals surface area contributed by atoms with Crippen molar-refractivity contribution in [3.63, 3.8) is 0 Å². The highest BCUT2D eigenvalue weighted by atomic mass is 16.5. The molecule has 3 heterocycles. The molecule has 4 N–H and O–H groups in total. The van der Waals surface area contributed by atoms with Crippen LogP contribution in [0.25, 0.3) is 0 Å². The number of nitrogens with one attached hydrogen (secondary N) is 4. The third kappa shape index (κ3) is 14.2. The van der Waals surface area contributed by atoms with Crippen LogP contribution in [0.5, 0.6) is 0 Å². The fourth-order valence-electron chi connectivity index (χ4n) is 13.0. The van der Waals surface area contributed by atoms with E-state index >= 15 is 0 Å². The third-order valence-corrected chi connectivity index (χ3v) is 17.8. The van der Waals surface area contributed by atoms with Gasteiger partial charge in [0.2, 0.25) is 35.4 Å². The number of methoxy groups -OCH3 is 2. The number of likely N-dealkylation sites (N-methyl/N-ethyl adjacent to an activating group) is 2. The molecule has 4 fully saturated rings. The second-order valence-electron chi connectivity index (χ2n) is 23.1. The Labute approximate surface area is 461 Å². The molecule has 2 saturated heterocycles. The first kappa shape index (κ1) is 59.7. The van der Waals surface area contributed by atoms with Gasteiger partial charge in [0, 0.05) is 77.1 Å². The Hall–Kier alpha value is -5.98. The molecule has 5 aliphatic rings. The highest BCUT2D eigenvalue weighted by Gasteiger charge is 2.49. The van der Waals surface area contributed by atoms with Crippen LogP contribution >= 0.6 is 0 Å². The first-order chi connectivity index (χ1) is 37.3. The van der Waals surface area contributed by atoms with Gasteiger partial charge in [-0.2, -0.15) is 0 Å². The molecule has 2 aromatic rings. The Bertz CT molecular complexity index is 2440. The summed E-state index contributed by atoms with van der Waals surface area (Å²) in [5.41, 5.74) is 2.20. The first-order valence-corrected chi connectivity index (χ1v) is 28.5. The lowest BCUT2D eigenvalue weighted by molar-refractivity contribution is -0.148. The minimum Gasteiger partial charge on any atom is -0.379 e. The number of anilines is 1. The van der Waals surface area contributed by atoms with E-state index in [4.69, 9.17) is 9.47 Å². The van der Waals surface area contributed by atoms with Gasteiger partial charge in [-0.05, 0) is 112 Å². The van der Waals surface area contributed by atoms with Crippen molar-refractivity contribution < 1.29 is 47.8 Å². The topological polar surface area (TPSA) is 216 Å². The molecule has 2 aliphatic carbocycles. The molecule has 0 unspecified atom stereocenters. The monoisotopic (exact) mass is 1080 g/mol. The summed E-state index contributed by atoms with van der Waals surface area (Å²) in [5.74, 6) is -2.66. The fraction of sp³-hybridized carbons (Fsp3) is 0.633. The summed E-state index contributed by atoms with van der Waals surface area (Å²) in [5, 5.41) is 12.2. The number of carbonyl (C=O) groups is 8. The van der Waals surface area contributed by atoms with Gasteiger partial charge in [0.05, 0.1) is 42.7 Å². The summed E-state index contributed by atoms with van der Waals surface area (Å²) in [6, 6.07) is 14.1. The van der Waals surface area contributed by atoms with Gasteiger partial charge in [0.1, 0.15) is 12.1 Å². The summed E-state index contributed by atoms with van der Waals surface area (Å²) in [6.45, 7) is 10.8. The van der Waals surface area contributed by atoms with Crippen molar-refractivity contribution in [1.82, 2.24) is 35.6 Å². The lowest BCUT2D eigenvalue weighted by Crippen LogP contribution is -2.60. The van der Waals surface area contributed by atoms with Crippen LogP contribution in [0.3, 0.4) is 0 Å². The molecule has 2 aromatic carbocycles. The van der Waals surface area contributed by atoms with Crippen LogP contribution in [0.4, 0.5) is 5.69 Å². The molecule has 3 aliphatic heterocycles. The van der Waals surface area contributed by atoms with Crippen molar-refractivity contribution in [3.8, 4) is 0 Å². The fourth-order valence-corrected chi connectivity index (χ4v) is 13.0. The second kappa shape index (κ2) is 27.3. The van der Waals surface area contributed by atoms with Gasteiger partial charge in [0.15, 0.2) is 0 Å². The van der Waals surface area contributed by atoms with E-state index in [0.717, 1.165) is 43.2 Å². The van der Waals surface area contributed by atoms with Gasteiger partial charge in [0.25, 0.3) is 11.8 Å². The van der Waals surface area contributed by atoms with Gasteiger partial charge < -0.3 is 40.5 Å². The molecule has 11 atom stereocenters. The molecule has 0 spiro atoms. The molecular weight excluding hydrogens is 993 g/mol. The predicted octanol–water partition coefficient (Wildman–Crippen LogP) is 5.24. The van der Waals surface area contributed by atoms with Crippen LogP contribution in [-0.2, 0) is 60.8 Å². The van der Waals surface area contributed by atoms with E-state index in [9.17, 15) is 38.4 Å². The number of piperidine rings is 1. The Morgan fingerprint density at radius 2 is 1.46 bits per heavy atom. The maximum Gasteiger partial charge on any atom is 0.253 e. The zero-order valence-corrected chi connectivity index (χ0v) is 47.4. The number of likely N-dealkylation sites (tertiary alicyclic amines) is 2. The van der Waals surface area contributed by atoms with Crippen molar-refractivity contribution >= 4 is 52.9 Å². The van der Waals surface area contributed by atoms with Crippen molar-refractivity contribution in [2.45, 2.75) is 167 Å². The zero-order chi connectivity index (χ0) is 56.4. The largest absolute Gasteiger partial charge is 0.379 e. The van der Waals surface area contributed by atoms with Crippen LogP contribution in [0.1, 0.15) is 116 Å². The predicted molar refractivity (Wildman–Crippen MR) is 296 cm³/mol. The van der Waals surface area contributed by atoms with Crippen LogP contribution in [0, 0.1) is 35.5 Å². The summed E-state index contributed by atoms with van der Waals surface area (Å²) < 4.78 is 12.2. The van der Waals surface area contributed by atoms with Crippen molar-refractivity contribution in [1.29, 1.82) is 0 Å². The minimum atomic E-state index is -0.967. The minimum absolute atomic E-state index is 0.0181. The number of fused-ring (bicyclic) bond motifs is 2. The van der Waals surface area contributed by atoms with Crippen molar-refractivity contribution in [3.05, 3.63) is 77.9 Å². The lowest BCUT2D eigenvalue weighted by atomic mass is 9.81. The number of amides is 8. The highest BCUT2D eigenvalue weighted by Crippen LogP contribution is 2.41. The van der Waals surface area contributed by atoms with Crippen LogP contribution in [0.15, 0.2) is 66.7 Å². The number of carbonyl (C=O) groups excluding carboxylic acids is 8. The molecule has 7 rings (SSSR count). The quantitative estimate of drug-likeness (QED) is 0.0944. The Balaban J connectivity index is 0.946. The molecule has 0 radical (unpaired) electrons. The SMILES string of the molecule is CC[C@H](C)[C@@H]([C@H](CC(=O)N1CCC[C@H]1[C@H](OC)[C@@H](C)C(=O)N[C@@H](Cc1ccccc1)C(=O)Nc1ccc(CNC(=O)C2CCC(CN3C(=O)C=CC3=O)CC2)cc1)OC)N(C)C(=O)[C@@H](NC(=O)[C@@H]1[C@H]2CC[C@H](C2)N1C)C(C)C. The van der Waals surface area contributed by atoms with E-state index in [1.54, 1.807) is 43.0 Å². The number of rotatable bonds is 25. The smallest absolute Gasteiger partial charge is 0.253 e. The summed E-state index contributed by atoms with van der Waals surface area (Å²) in [6.07, 6.45) is 9.38. The first-order valence-electron chi connectivity index (χ1n) is 28.5. The van der Waals surface area contributed by atoms with Crippen molar-refractivity contribution in [2.75, 3.05) is 46.7 Å². The second-order valence-corrected chi connectivity index (χ2v) is 23.1. The normalized spacial score (nSPS) is 24.8. The van der Waals surface area contributed by atoms with Crippen LogP contribution < -0.4 is 21.3 Å². The van der Waals surface area contributed by atoms with E-state index in [2.05, 4.69) is 26.2 Å². The lowest BCUT2D eigenvalue weighted by Gasteiger charge is -2.41. The van der Waals surface area contributed by atoms with E-state index in [-0.39, 0.29) is 83.9 Å². The molecule has 78 heavy (non-hydrogen) atoms. The Morgan fingerprint density at radius 3 is 2.06 bits per heavy atom. The van der Waals surface area contributed by atoms with E-state index in [1.165, 1.54) is 24.2 Å². The maximum absolute atomic E-state index is 14.6. The standard InChI is InChI=1S/C60H86N8O10/c1-10-37(4)53(66(7)60(76)52(36(2)3)64-59(75)54-43-24-27-45(32-43)65(54)6)48(77-8)33-51(71)67-30-14-17-47(67)55(78-9)38(5)56(72)63-46(31-39-15-12-11-13-16-39)58(74)62-44-25-20-40(21-26-44)34-61-57(73)42-22-18-41(19-23-42)35-68-49(69)28-29-50(68)70/h11-13,15-16,20-21,25-26,28-29,36-38,41-43,45-48,52-55H,10,14,17-19,22-24,27,30-35H2,1-9H3,(H,61,73)(H,62,74)(H,63,72)(H,64,75)/t37-,38+,41?,42?,43-,45+,46-,47-,48-,52-,53-,54-,55+/m0/s1. The van der Waals surface area contributed by atoms with Gasteiger partial charge in [-0.3, -0.25) is 48.2 Å². The molecule has 8 amide bonds. The van der Waals surface area contributed by atoms with Gasteiger partial charge in [-0.15, -0.1) is 0 Å². The average molecular weight is 1080 g/mol. The Kier molecular flexibility index (Phi) is 20.9. The number of hydrogen-bond acceptors (Lipinski definition) is 11. The third-order valence-electron chi connectivity index (χ3n) is 17.8. The van der Waals surface area contributed by atoms with E-state index in [1.807, 2.05) is 77.2 Å². The van der Waals surface area contributed by atoms with Crippen LogP contribution in [-0.4, -0.2) is 157 Å². The number of ether oxygens (including phenoxy) is 2. The van der Waals surface area contributed by atoms with Gasteiger partial charge in [-0.25, -0.2) is 0 Å². The Morgan fingerprint density at radius 1 is 0.782 bits per heavy atom. The molecule has 2 saturated carbocycles. The average Bonchev–Trinajstić information content (AvgIpc) is 4.28. The molecular formula is C60H86N8O10. The van der Waals surface area contributed by atoms with Gasteiger partial charge in [-0.1, -0.05) is 83.5 Å². The summed E-state index contributed by atoms with van der Waals surface area (Å²) in [7, 11) is 6.84. The number of hydrogen-bond donors (Lipinski definition) is 4. The van der Waals surface area contributed by atoms with E-state index < -0.39 is 54.1 Å². The number of imide groups is 1. The van der Waals surface area contributed by atoms with Crippen molar-refractivity contribution in [2.24, 2.45) is 35.5 Å². The molecule has 426 valence electrons. The number of benzene rings is 2. The molecule has 0 aromatic heterocycles. The van der Waals surface area contributed by atoms with Gasteiger partial charge >= 0.3 is 0 Å². The van der Waals surface area contributed by atoms with E-state index in [0.29, 0.717) is 63.5 Å². The summed E-state index contributed by atoms with van der Waals surface area (Å²) >= 11 is 0. The molecule has 2 bridgehead atoms. The molecule has 18 heteroatoms. The molecule has 18 nitrogen and oxygen atoms in total. The highest BCUT2D eigenvalue weighted by molar-refractivity contribution is 6.12. The maximum atomic E-state index is 14.6. The van der Waals surface area contributed by atoms with Crippen LogP contribution in [0.2, 0.25) is 0 Å². The zero-order valence-electron chi connectivity index (χ0n) is 47.4. The number of nitrogens with zero attached hydrogens (tertiary/aromatic N) is 4. The summed E-state index contributed by atoms with van der Waals surface area (Å²) in [4.78, 5) is 115.